The van der Waals surface area contributed by atoms with Gasteiger partial charge in [0.15, 0.2) is 5.65 Å². The van der Waals surface area contributed by atoms with Crippen molar-refractivity contribution in [2.24, 2.45) is 23.5 Å². The second-order valence-electron chi connectivity index (χ2n) is 7.99. The Morgan fingerprint density at radius 3 is 2.57 bits per heavy atom. The monoisotopic (exact) mass is 429 g/mol. The second kappa shape index (κ2) is 8.84. The van der Waals surface area contributed by atoms with Gasteiger partial charge in [0.05, 0.1) is 0 Å². The van der Waals surface area contributed by atoms with Gasteiger partial charge in [-0.2, -0.15) is 0 Å². The van der Waals surface area contributed by atoms with Crippen LogP contribution in [0, 0.1) is 31.6 Å². The van der Waals surface area contributed by atoms with E-state index in [4.69, 9.17) is 5.73 Å². The maximum Gasteiger partial charge on any atom is 0.266 e. The Labute approximate surface area is 176 Å². The number of carbonyl (C=O) groups excluding carboxylic acids is 1. The van der Waals surface area contributed by atoms with Crippen LogP contribution in [0.1, 0.15) is 49.1 Å². The zero-order valence-corrected chi connectivity index (χ0v) is 17.9. The molecule has 2 aliphatic carbocycles. The van der Waals surface area contributed by atoms with E-state index >= 15 is 0 Å². The zero-order chi connectivity index (χ0) is 18.4. The van der Waals surface area contributed by atoms with E-state index in [2.05, 4.69) is 15.4 Å². The number of nitrogens with zero attached hydrogens (tertiary/aromatic N) is 2. The summed E-state index contributed by atoms with van der Waals surface area (Å²) in [6, 6.07) is 1.75. The highest BCUT2D eigenvalue weighted by Crippen LogP contribution is 2.41. The first-order chi connectivity index (χ1) is 12.4. The number of rotatable bonds is 3. The predicted octanol–water partition coefficient (Wildman–Crippen LogP) is 2.25. The summed E-state index contributed by atoms with van der Waals surface area (Å²) in [4.78, 5) is 28.8. The van der Waals surface area contributed by atoms with Crippen LogP contribution in [0.4, 0.5) is 0 Å². The van der Waals surface area contributed by atoms with E-state index in [1.165, 1.54) is 12.5 Å². The van der Waals surface area contributed by atoms with E-state index in [1.807, 2.05) is 13.8 Å². The maximum absolute atomic E-state index is 12.8. The van der Waals surface area contributed by atoms with Crippen LogP contribution < -0.4 is 16.6 Å². The minimum Gasteiger partial charge on any atom is -0.352 e. The van der Waals surface area contributed by atoms with Gasteiger partial charge >= 0.3 is 0 Å². The van der Waals surface area contributed by atoms with Crippen LogP contribution in [0.15, 0.2) is 10.9 Å². The predicted molar refractivity (Wildman–Crippen MR) is 113 cm³/mol. The summed E-state index contributed by atoms with van der Waals surface area (Å²) in [6.07, 6.45) is 5.37. The average molecular weight is 430 g/mol. The Kier molecular flexibility index (Phi) is 7.17. The first-order valence-electron chi connectivity index (χ1n) is 9.55. The number of nitrogens with two attached hydrogens (primary N) is 1. The summed E-state index contributed by atoms with van der Waals surface area (Å²) in [6.45, 7) is 4.27. The van der Waals surface area contributed by atoms with Gasteiger partial charge in [0.1, 0.15) is 0 Å². The molecule has 9 heteroatoms. The van der Waals surface area contributed by atoms with E-state index in [0.717, 1.165) is 42.6 Å². The van der Waals surface area contributed by atoms with Crippen LogP contribution in [0.5, 0.6) is 0 Å². The largest absolute Gasteiger partial charge is 0.352 e. The SMILES string of the molecule is Cc1nc2cc(=O)[nH]n2c(C)c1CNC(=O)C1CC2CCCC(C1)C2N.Cl.Cl. The molecule has 0 saturated heterocycles. The molecule has 4 rings (SSSR count). The van der Waals surface area contributed by atoms with Crippen LogP contribution in [-0.2, 0) is 11.3 Å². The third-order valence-electron chi connectivity index (χ3n) is 6.43. The minimum atomic E-state index is -0.175. The van der Waals surface area contributed by atoms with Crippen LogP contribution in [-0.4, -0.2) is 26.5 Å². The molecule has 2 heterocycles. The number of aromatic amines is 1. The lowest BCUT2D eigenvalue weighted by Crippen LogP contribution is -2.49. The van der Waals surface area contributed by atoms with Crippen molar-refractivity contribution < 1.29 is 4.79 Å². The molecule has 156 valence electrons. The van der Waals surface area contributed by atoms with Gasteiger partial charge in [-0.15, -0.1) is 24.8 Å². The molecule has 0 aromatic carbocycles. The van der Waals surface area contributed by atoms with E-state index < -0.39 is 0 Å². The van der Waals surface area contributed by atoms with Gasteiger partial charge in [-0.25, -0.2) is 9.50 Å². The number of hydrogen-bond acceptors (Lipinski definition) is 4. The van der Waals surface area contributed by atoms with Gasteiger partial charge in [-0.05, 0) is 51.4 Å². The Bertz CT molecular complexity index is 896. The first-order valence-corrected chi connectivity index (χ1v) is 9.55. The molecule has 2 fully saturated rings. The molecular formula is C19H29Cl2N5O2. The van der Waals surface area contributed by atoms with Crippen molar-refractivity contribution in [2.45, 2.75) is 58.5 Å². The van der Waals surface area contributed by atoms with Crippen molar-refractivity contribution >= 4 is 36.4 Å². The molecule has 7 nitrogen and oxygen atoms in total. The minimum absolute atomic E-state index is 0. The fourth-order valence-corrected chi connectivity index (χ4v) is 4.93. The van der Waals surface area contributed by atoms with Crippen molar-refractivity contribution in [1.82, 2.24) is 19.9 Å². The highest BCUT2D eigenvalue weighted by molar-refractivity contribution is 5.85. The molecule has 0 radical (unpaired) electrons. The number of amides is 1. The Hall–Kier alpha value is -1.57. The molecule has 2 aromatic rings. The normalized spacial score (nSPS) is 26.2. The molecule has 2 bridgehead atoms. The molecule has 28 heavy (non-hydrogen) atoms. The number of aryl methyl sites for hydroxylation is 2. The molecule has 2 atom stereocenters. The highest BCUT2D eigenvalue weighted by atomic mass is 35.5. The molecule has 0 aliphatic heterocycles. The lowest BCUT2D eigenvalue weighted by molar-refractivity contribution is -0.128. The smallest absolute Gasteiger partial charge is 0.266 e. The van der Waals surface area contributed by atoms with Crippen molar-refractivity contribution in [3.8, 4) is 0 Å². The highest BCUT2D eigenvalue weighted by Gasteiger charge is 2.40. The summed E-state index contributed by atoms with van der Waals surface area (Å²) in [5.41, 5.74) is 9.45. The lowest BCUT2D eigenvalue weighted by atomic mass is 9.65. The number of aromatic nitrogens is 3. The van der Waals surface area contributed by atoms with Crippen molar-refractivity contribution in [2.75, 3.05) is 0 Å². The number of nitrogens with one attached hydrogen (secondary N) is 2. The van der Waals surface area contributed by atoms with Gasteiger partial charge in [0.2, 0.25) is 5.91 Å². The van der Waals surface area contributed by atoms with E-state index in [0.29, 0.717) is 24.0 Å². The quantitative estimate of drug-likeness (QED) is 0.695. The van der Waals surface area contributed by atoms with Gasteiger partial charge in [0, 0.05) is 41.5 Å². The van der Waals surface area contributed by atoms with E-state index in [9.17, 15) is 9.59 Å². The maximum atomic E-state index is 12.8. The van der Waals surface area contributed by atoms with Crippen molar-refractivity contribution in [3.05, 3.63) is 33.4 Å². The van der Waals surface area contributed by atoms with Gasteiger partial charge in [-0.3, -0.25) is 14.7 Å². The molecule has 2 saturated carbocycles. The summed E-state index contributed by atoms with van der Waals surface area (Å²) in [5.74, 6) is 1.16. The van der Waals surface area contributed by atoms with Gasteiger partial charge < -0.3 is 11.1 Å². The number of halogens is 2. The fraction of sp³-hybridized carbons (Fsp3) is 0.632. The third-order valence-corrected chi connectivity index (χ3v) is 6.43. The summed E-state index contributed by atoms with van der Waals surface area (Å²) >= 11 is 0. The van der Waals surface area contributed by atoms with E-state index in [1.54, 1.807) is 4.52 Å². The molecule has 2 aliphatic rings. The average Bonchev–Trinajstić information content (AvgIpc) is 2.94. The molecule has 4 N–H and O–H groups in total. The second-order valence-corrected chi connectivity index (χ2v) is 7.99. The topological polar surface area (TPSA) is 105 Å². The zero-order valence-electron chi connectivity index (χ0n) is 16.2. The summed E-state index contributed by atoms with van der Waals surface area (Å²) in [7, 11) is 0. The van der Waals surface area contributed by atoms with Crippen molar-refractivity contribution in [1.29, 1.82) is 0 Å². The van der Waals surface area contributed by atoms with Crippen LogP contribution in [0.25, 0.3) is 5.65 Å². The number of H-pyrrole nitrogens is 1. The van der Waals surface area contributed by atoms with Crippen LogP contribution in [0.2, 0.25) is 0 Å². The molecule has 2 unspecified atom stereocenters. The van der Waals surface area contributed by atoms with Crippen molar-refractivity contribution in [3.63, 3.8) is 0 Å². The molecule has 0 spiro atoms. The summed E-state index contributed by atoms with van der Waals surface area (Å²) in [5, 5.41) is 5.85. The molecule has 2 aromatic heterocycles. The standard InChI is InChI=1S/C19H27N5O2.2ClH/c1-10-15(11(2)24-16(22-10)8-17(25)23-24)9-21-19(26)14-6-12-4-3-5-13(7-14)18(12)20;;/h8,12-14,18H,3-7,9,20H2,1-2H3,(H,21,26)(H,23,25);2*1H. The lowest BCUT2D eigenvalue weighted by Gasteiger charge is -2.43. The van der Waals surface area contributed by atoms with Crippen LogP contribution in [0.3, 0.4) is 0 Å². The fourth-order valence-electron chi connectivity index (χ4n) is 4.93. The number of hydrogen-bond donors (Lipinski definition) is 3. The van der Waals surface area contributed by atoms with Crippen LogP contribution >= 0.6 is 24.8 Å². The van der Waals surface area contributed by atoms with Gasteiger partial charge in [-0.1, -0.05) is 6.42 Å². The third kappa shape index (κ3) is 4.07. The van der Waals surface area contributed by atoms with Gasteiger partial charge in [0.25, 0.3) is 5.56 Å². The summed E-state index contributed by atoms with van der Waals surface area (Å²) < 4.78 is 1.68. The Morgan fingerprint density at radius 1 is 1.29 bits per heavy atom. The molecule has 1 amide bonds. The number of carbonyl (C=O) groups is 1. The Balaban J connectivity index is 0.00000140. The number of fused-ring (bicyclic) bond motifs is 3. The Morgan fingerprint density at radius 2 is 1.93 bits per heavy atom. The van der Waals surface area contributed by atoms with E-state index in [-0.39, 0.29) is 48.2 Å². The first kappa shape index (κ1) is 22.7. The molecular weight excluding hydrogens is 401 g/mol.